The molecule has 0 saturated heterocycles. The Labute approximate surface area is 147 Å². The summed E-state index contributed by atoms with van der Waals surface area (Å²) in [6, 6.07) is 13.7. The van der Waals surface area contributed by atoms with E-state index in [1.807, 2.05) is 43.1 Å². The second-order valence-corrected chi connectivity index (χ2v) is 6.32. The maximum Gasteiger partial charge on any atom is 0.237 e. The van der Waals surface area contributed by atoms with Gasteiger partial charge in [-0.05, 0) is 55.8 Å². The summed E-state index contributed by atoms with van der Waals surface area (Å²) >= 11 is 5.99. The van der Waals surface area contributed by atoms with Crippen LogP contribution < -0.4 is 5.32 Å². The first-order valence-corrected chi connectivity index (χ1v) is 8.30. The van der Waals surface area contributed by atoms with Crippen LogP contribution in [0.25, 0.3) is 0 Å². The highest BCUT2D eigenvalue weighted by Crippen LogP contribution is 2.13. The maximum absolute atomic E-state index is 12.9. The Morgan fingerprint density at radius 2 is 1.92 bits per heavy atom. The van der Waals surface area contributed by atoms with Gasteiger partial charge in [0.05, 0.1) is 6.04 Å². The molecule has 128 valence electrons. The van der Waals surface area contributed by atoms with E-state index in [1.54, 1.807) is 12.1 Å². The molecule has 3 nitrogen and oxygen atoms in total. The fourth-order valence-corrected chi connectivity index (χ4v) is 2.60. The van der Waals surface area contributed by atoms with Gasteiger partial charge in [-0.2, -0.15) is 0 Å². The van der Waals surface area contributed by atoms with Crippen LogP contribution >= 0.6 is 11.6 Å². The number of amides is 1. The molecular weight excluding hydrogens is 327 g/mol. The van der Waals surface area contributed by atoms with Crippen molar-refractivity contribution in [3.05, 3.63) is 70.5 Å². The molecule has 0 heterocycles. The predicted octanol–water partition coefficient (Wildman–Crippen LogP) is 3.66. The van der Waals surface area contributed by atoms with Gasteiger partial charge < -0.3 is 5.32 Å². The van der Waals surface area contributed by atoms with Gasteiger partial charge in [0, 0.05) is 18.1 Å². The Morgan fingerprint density at radius 1 is 1.21 bits per heavy atom. The molecule has 0 bridgehead atoms. The molecule has 0 saturated carbocycles. The van der Waals surface area contributed by atoms with Crippen LogP contribution in [-0.4, -0.2) is 30.4 Å². The third-order valence-corrected chi connectivity index (χ3v) is 4.22. The van der Waals surface area contributed by atoms with Crippen molar-refractivity contribution in [2.45, 2.75) is 25.9 Å². The van der Waals surface area contributed by atoms with Gasteiger partial charge >= 0.3 is 0 Å². The number of benzene rings is 2. The summed E-state index contributed by atoms with van der Waals surface area (Å²) in [5.41, 5.74) is 2.06. The summed E-state index contributed by atoms with van der Waals surface area (Å²) in [4.78, 5) is 14.2. The summed E-state index contributed by atoms with van der Waals surface area (Å²) in [6.07, 6.45) is 0.677. The standard InChI is InChI=1S/C19H22ClFN2O/c1-14(23(2)13-16-4-3-5-17(20)12-16)19(24)22-11-10-15-6-8-18(21)9-7-15/h3-9,12,14H,10-11,13H2,1-2H3,(H,22,24). The van der Waals surface area contributed by atoms with Crippen molar-refractivity contribution >= 4 is 17.5 Å². The summed E-state index contributed by atoms with van der Waals surface area (Å²) in [5, 5.41) is 3.62. The number of likely N-dealkylation sites (N-methyl/N-ethyl adjacent to an activating group) is 1. The molecule has 0 radical (unpaired) electrons. The van der Waals surface area contributed by atoms with E-state index in [9.17, 15) is 9.18 Å². The third-order valence-electron chi connectivity index (χ3n) is 3.99. The molecule has 1 unspecified atom stereocenters. The monoisotopic (exact) mass is 348 g/mol. The lowest BCUT2D eigenvalue weighted by molar-refractivity contribution is -0.125. The Morgan fingerprint density at radius 3 is 2.58 bits per heavy atom. The van der Waals surface area contributed by atoms with E-state index < -0.39 is 0 Å². The molecule has 24 heavy (non-hydrogen) atoms. The van der Waals surface area contributed by atoms with Crippen molar-refractivity contribution in [3.8, 4) is 0 Å². The fourth-order valence-electron chi connectivity index (χ4n) is 2.39. The van der Waals surface area contributed by atoms with Crippen LogP contribution in [0.4, 0.5) is 4.39 Å². The fraction of sp³-hybridized carbons (Fsp3) is 0.316. The molecule has 0 fully saturated rings. The first kappa shape index (κ1) is 18.4. The molecule has 1 N–H and O–H groups in total. The highest BCUT2D eigenvalue weighted by Gasteiger charge is 2.17. The number of halogens is 2. The Kier molecular flexibility index (Phi) is 6.76. The van der Waals surface area contributed by atoms with Crippen molar-refractivity contribution < 1.29 is 9.18 Å². The van der Waals surface area contributed by atoms with Crippen LogP contribution in [0.3, 0.4) is 0 Å². The molecule has 5 heteroatoms. The largest absolute Gasteiger partial charge is 0.354 e. The van der Waals surface area contributed by atoms with Gasteiger partial charge in [0.15, 0.2) is 0 Å². The average molecular weight is 349 g/mol. The second kappa shape index (κ2) is 8.81. The van der Waals surface area contributed by atoms with Crippen molar-refractivity contribution in [3.63, 3.8) is 0 Å². The highest BCUT2D eigenvalue weighted by atomic mass is 35.5. The van der Waals surface area contributed by atoms with Gasteiger partial charge in [0.25, 0.3) is 0 Å². The zero-order valence-electron chi connectivity index (χ0n) is 13.9. The van der Waals surface area contributed by atoms with Crippen LogP contribution in [0.15, 0.2) is 48.5 Å². The molecule has 1 atom stereocenters. The second-order valence-electron chi connectivity index (χ2n) is 5.89. The molecule has 2 rings (SSSR count). The minimum absolute atomic E-state index is 0.0263. The Bertz CT molecular complexity index is 675. The van der Waals surface area contributed by atoms with E-state index in [-0.39, 0.29) is 17.8 Å². The summed E-state index contributed by atoms with van der Waals surface area (Å²) in [5.74, 6) is -0.277. The van der Waals surface area contributed by atoms with Crippen LogP contribution in [0.1, 0.15) is 18.1 Å². The van der Waals surface area contributed by atoms with Gasteiger partial charge in [-0.3, -0.25) is 9.69 Å². The maximum atomic E-state index is 12.9. The highest BCUT2D eigenvalue weighted by molar-refractivity contribution is 6.30. The zero-order valence-corrected chi connectivity index (χ0v) is 14.7. The van der Waals surface area contributed by atoms with Crippen LogP contribution in [0.5, 0.6) is 0 Å². The quantitative estimate of drug-likeness (QED) is 0.828. The molecule has 2 aromatic rings. The molecule has 0 aliphatic rings. The Hall–Kier alpha value is -1.91. The summed E-state index contributed by atoms with van der Waals surface area (Å²) in [6.45, 7) is 3.05. The number of rotatable bonds is 7. The lowest BCUT2D eigenvalue weighted by Crippen LogP contribution is -2.43. The topological polar surface area (TPSA) is 32.3 Å². The minimum atomic E-state index is -0.253. The third kappa shape index (κ3) is 5.62. The van der Waals surface area contributed by atoms with E-state index in [4.69, 9.17) is 11.6 Å². The smallest absolute Gasteiger partial charge is 0.237 e. The van der Waals surface area contributed by atoms with E-state index in [0.29, 0.717) is 24.5 Å². The van der Waals surface area contributed by atoms with Gasteiger partial charge in [0.2, 0.25) is 5.91 Å². The zero-order chi connectivity index (χ0) is 17.5. The van der Waals surface area contributed by atoms with Gasteiger partial charge in [-0.1, -0.05) is 35.9 Å². The van der Waals surface area contributed by atoms with Crippen LogP contribution in [0.2, 0.25) is 5.02 Å². The SMILES string of the molecule is CC(C(=O)NCCc1ccc(F)cc1)N(C)Cc1cccc(Cl)c1. The van der Waals surface area contributed by atoms with E-state index in [2.05, 4.69) is 5.32 Å². The number of nitrogens with one attached hydrogen (secondary N) is 1. The summed E-state index contributed by atoms with van der Waals surface area (Å²) < 4.78 is 12.9. The van der Waals surface area contributed by atoms with Crippen molar-refractivity contribution in [2.75, 3.05) is 13.6 Å². The Balaban J connectivity index is 1.79. The van der Waals surface area contributed by atoms with E-state index in [1.165, 1.54) is 12.1 Å². The van der Waals surface area contributed by atoms with Crippen molar-refractivity contribution in [2.24, 2.45) is 0 Å². The lowest BCUT2D eigenvalue weighted by atomic mass is 10.1. The normalized spacial score (nSPS) is 12.2. The van der Waals surface area contributed by atoms with Gasteiger partial charge in [0.1, 0.15) is 5.82 Å². The number of carbonyl (C=O) groups excluding carboxylic acids is 1. The number of carbonyl (C=O) groups is 1. The number of hydrogen-bond donors (Lipinski definition) is 1. The first-order chi connectivity index (χ1) is 11.5. The number of hydrogen-bond acceptors (Lipinski definition) is 2. The lowest BCUT2D eigenvalue weighted by Gasteiger charge is -2.24. The molecule has 2 aromatic carbocycles. The molecule has 0 spiro atoms. The minimum Gasteiger partial charge on any atom is -0.354 e. The van der Waals surface area contributed by atoms with E-state index in [0.717, 1.165) is 11.1 Å². The predicted molar refractivity (Wildman–Crippen MR) is 95.5 cm³/mol. The number of nitrogens with zero attached hydrogens (tertiary/aromatic N) is 1. The van der Waals surface area contributed by atoms with Gasteiger partial charge in [-0.25, -0.2) is 4.39 Å². The molecule has 0 aliphatic carbocycles. The average Bonchev–Trinajstić information content (AvgIpc) is 2.56. The van der Waals surface area contributed by atoms with Crippen molar-refractivity contribution in [1.29, 1.82) is 0 Å². The molecular formula is C19H22ClFN2O. The summed E-state index contributed by atoms with van der Waals surface area (Å²) in [7, 11) is 1.91. The molecule has 0 aromatic heterocycles. The first-order valence-electron chi connectivity index (χ1n) is 7.92. The molecule has 0 aliphatic heterocycles. The van der Waals surface area contributed by atoms with Crippen LogP contribution in [-0.2, 0) is 17.8 Å². The van der Waals surface area contributed by atoms with E-state index >= 15 is 0 Å². The molecule has 1 amide bonds. The van der Waals surface area contributed by atoms with Gasteiger partial charge in [-0.15, -0.1) is 0 Å². The van der Waals surface area contributed by atoms with Crippen molar-refractivity contribution in [1.82, 2.24) is 10.2 Å². The van der Waals surface area contributed by atoms with Crippen LogP contribution in [0, 0.1) is 5.82 Å².